The second kappa shape index (κ2) is 4.62. The Kier molecular flexibility index (Phi) is 2.68. The molecule has 0 unspecified atom stereocenters. The molecule has 3 fully saturated rings. The lowest BCUT2D eigenvalue weighted by molar-refractivity contribution is -0.384. The van der Waals surface area contributed by atoms with E-state index < -0.39 is 34.5 Å². The molecule has 2 saturated carbocycles. The van der Waals surface area contributed by atoms with Gasteiger partial charge in [-0.05, 0) is 36.2 Å². The molecule has 1 aromatic rings. The first-order valence-electron chi connectivity index (χ1n) is 8.34. The maximum absolute atomic E-state index is 12.9. The van der Waals surface area contributed by atoms with Crippen LogP contribution in [0.3, 0.4) is 0 Å². The molecular formula is C18H14N2O5. The Balaban J connectivity index is 1.51. The lowest BCUT2D eigenvalue weighted by Crippen LogP contribution is -2.40. The Bertz CT molecular complexity index is 855. The molecule has 1 heterocycles. The second-order valence-corrected chi connectivity index (χ2v) is 7.28. The van der Waals surface area contributed by atoms with E-state index in [1.807, 2.05) is 12.2 Å². The molecule has 0 N–H and O–H groups in total. The first-order chi connectivity index (χ1) is 12.0. The summed E-state index contributed by atoms with van der Waals surface area (Å²) in [5.41, 5.74) is -0.259. The SMILES string of the molecule is O=C(c1cccc([N+](=O)[O-])c1)N1C(=O)[C@@H]2[C@H]3C=C[C@@H]([C@@H]4C[C@H]34)[C@H]2C1=O. The van der Waals surface area contributed by atoms with Crippen molar-refractivity contribution in [3.8, 4) is 0 Å². The molecule has 0 aromatic heterocycles. The van der Waals surface area contributed by atoms with Crippen molar-refractivity contribution < 1.29 is 19.3 Å². The number of allylic oxidation sites excluding steroid dienone is 2. The van der Waals surface area contributed by atoms with Crippen molar-refractivity contribution in [2.75, 3.05) is 0 Å². The molecule has 1 aromatic carbocycles. The van der Waals surface area contributed by atoms with E-state index in [0.29, 0.717) is 11.8 Å². The van der Waals surface area contributed by atoms with Gasteiger partial charge in [0, 0.05) is 17.7 Å². The lowest BCUT2D eigenvalue weighted by Gasteiger charge is -2.37. The molecule has 1 saturated heterocycles. The van der Waals surface area contributed by atoms with Gasteiger partial charge in [0.25, 0.3) is 11.6 Å². The molecule has 4 aliphatic carbocycles. The van der Waals surface area contributed by atoms with Crippen LogP contribution in [-0.2, 0) is 9.59 Å². The van der Waals surface area contributed by atoms with E-state index >= 15 is 0 Å². The van der Waals surface area contributed by atoms with Gasteiger partial charge in [-0.1, -0.05) is 18.2 Å². The van der Waals surface area contributed by atoms with Crippen molar-refractivity contribution in [2.45, 2.75) is 6.42 Å². The van der Waals surface area contributed by atoms with Crippen LogP contribution in [0.25, 0.3) is 0 Å². The number of hydrogen-bond donors (Lipinski definition) is 0. The fraction of sp³-hybridized carbons (Fsp3) is 0.389. The zero-order valence-electron chi connectivity index (χ0n) is 13.1. The molecular weight excluding hydrogens is 324 g/mol. The van der Waals surface area contributed by atoms with Crippen molar-refractivity contribution in [1.29, 1.82) is 0 Å². The van der Waals surface area contributed by atoms with Crippen LogP contribution in [0.15, 0.2) is 36.4 Å². The van der Waals surface area contributed by atoms with Gasteiger partial charge in [0.2, 0.25) is 11.8 Å². The third-order valence-corrected chi connectivity index (χ3v) is 6.17. The number of non-ortho nitro benzene ring substituents is 1. The maximum atomic E-state index is 12.9. The van der Waals surface area contributed by atoms with E-state index in [0.717, 1.165) is 17.4 Å². The van der Waals surface area contributed by atoms with Crippen LogP contribution in [0, 0.1) is 45.6 Å². The van der Waals surface area contributed by atoms with Crippen LogP contribution < -0.4 is 0 Å². The number of nitro benzene ring substituents is 1. The molecule has 6 rings (SSSR count). The zero-order valence-corrected chi connectivity index (χ0v) is 13.1. The van der Waals surface area contributed by atoms with Gasteiger partial charge >= 0.3 is 0 Å². The highest BCUT2D eigenvalue weighted by Gasteiger charge is 2.67. The third-order valence-electron chi connectivity index (χ3n) is 6.17. The summed E-state index contributed by atoms with van der Waals surface area (Å²) in [6, 6.07) is 5.14. The molecule has 3 amide bonds. The number of imide groups is 3. The van der Waals surface area contributed by atoms with Crippen molar-refractivity contribution in [2.24, 2.45) is 35.5 Å². The van der Waals surface area contributed by atoms with Gasteiger partial charge in [0.1, 0.15) is 0 Å². The standard InChI is InChI=1S/C18H14N2O5/c21-16(8-2-1-3-9(6-8)20(24)25)19-17(22)14-10-4-5-11(13-7-12(10)13)15(14)18(19)23/h1-6,10-15H,7H2/t10-,11-,12-,13+,14+,15+/m0/s1. The quantitative estimate of drug-likeness (QED) is 0.354. The number of hydrogen-bond acceptors (Lipinski definition) is 5. The summed E-state index contributed by atoms with van der Waals surface area (Å²) in [6.45, 7) is 0. The summed E-state index contributed by atoms with van der Waals surface area (Å²) < 4.78 is 0. The topological polar surface area (TPSA) is 97.6 Å². The normalized spacial score (nSPS) is 37.0. The number of carbonyl (C=O) groups excluding carboxylic acids is 3. The summed E-state index contributed by atoms with van der Waals surface area (Å²) in [5, 5.41) is 10.9. The molecule has 6 atom stereocenters. The highest BCUT2D eigenvalue weighted by atomic mass is 16.6. The number of nitro groups is 1. The van der Waals surface area contributed by atoms with E-state index in [9.17, 15) is 24.5 Å². The fourth-order valence-corrected chi connectivity index (χ4v) is 5.04. The molecule has 2 bridgehead atoms. The lowest BCUT2D eigenvalue weighted by atomic mass is 9.63. The molecule has 1 aliphatic heterocycles. The van der Waals surface area contributed by atoms with Crippen molar-refractivity contribution in [1.82, 2.24) is 4.90 Å². The van der Waals surface area contributed by atoms with Crippen LogP contribution in [0.4, 0.5) is 5.69 Å². The Hall–Kier alpha value is -2.83. The second-order valence-electron chi connectivity index (χ2n) is 7.28. The van der Waals surface area contributed by atoms with Crippen LogP contribution in [0.1, 0.15) is 16.8 Å². The van der Waals surface area contributed by atoms with Gasteiger partial charge in [0.05, 0.1) is 16.8 Å². The van der Waals surface area contributed by atoms with Gasteiger partial charge in [-0.2, -0.15) is 0 Å². The fourth-order valence-electron chi connectivity index (χ4n) is 5.04. The van der Waals surface area contributed by atoms with Crippen molar-refractivity contribution >= 4 is 23.4 Å². The minimum absolute atomic E-state index is 0.0139. The number of amides is 3. The van der Waals surface area contributed by atoms with E-state index in [1.54, 1.807) is 0 Å². The van der Waals surface area contributed by atoms with Gasteiger partial charge in [-0.3, -0.25) is 24.5 Å². The molecule has 5 aliphatic rings. The van der Waals surface area contributed by atoms with Gasteiger partial charge in [-0.25, -0.2) is 4.90 Å². The van der Waals surface area contributed by atoms with Gasteiger partial charge in [-0.15, -0.1) is 0 Å². The largest absolute Gasteiger partial charge is 0.274 e. The first-order valence-corrected chi connectivity index (χ1v) is 8.34. The predicted molar refractivity (Wildman–Crippen MR) is 84.0 cm³/mol. The minimum atomic E-state index is -0.763. The number of carbonyl (C=O) groups is 3. The third kappa shape index (κ3) is 1.78. The van der Waals surface area contributed by atoms with Crippen LogP contribution in [0.2, 0.25) is 0 Å². The molecule has 0 radical (unpaired) electrons. The Labute approximate surface area is 142 Å². The van der Waals surface area contributed by atoms with E-state index in [-0.39, 0.29) is 23.1 Å². The molecule has 0 spiro atoms. The summed E-state index contributed by atoms with van der Waals surface area (Å²) in [7, 11) is 0. The highest BCUT2D eigenvalue weighted by molar-refractivity contribution is 6.21. The smallest absolute Gasteiger partial charge is 0.270 e. The number of likely N-dealkylation sites (tertiary alicyclic amines) is 1. The minimum Gasteiger partial charge on any atom is -0.274 e. The summed E-state index contributed by atoms with van der Waals surface area (Å²) in [6.07, 6.45) is 5.12. The number of nitrogens with zero attached hydrogens (tertiary/aromatic N) is 2. The number of benzene rings is 1. The summed E-state index contributed by atoms with van der Waals surface area (Å²) in [4.78, 5) is 49.5. The van der Waals surface area contributed by atoms with Crippen LogP contribution in [0.5, 0.6) is 0 Å². The van der Waals surface area contributed by atoms with Crippen molar-refractivity contribution in [3.63, 3.8) is 0 Å². The van der Waals surface area contributed by atoms with Crippen LogP contribution in [-0.4, -0.2) is 27.5 Å². The summed E-state index contributed by atoms with van der Waals surface area (Å²) >= 11 is 0. The van der Waals surface area contributed by atoms with Gasteiger partial charge in [0.15, 0.2) is 0 Å². The predicted octanol–water partition coefficient (Wildman–Crippen LogP) is 1.79. The van der Waals surface area contributed by atoms with Gasteiger partial charge < -0.3 is 0 Å². The Morgan fingerprint density at radius 2 is 1.68 bits per heavy atom. The van der Waals surface area contributed by atoms with E-state index in [4.69, 9.17) is 0 Å². The summed E-state index contributed by atoms with van der Waals surface area (Å²) in [5.74, 6) is -1.56. The average Bonchev–Trinajstić information content (AvgIpc) is 3.39. The van der Waals surface area contributed by atoms with E-state index in [1.165, 1.54) is 18.2 Å². The van der Waals surface area contributed by atoms with E-state index in [2.05, 4.69) is 0 Å². The average molecular weight is 338 g/mol. The molecule has 25 heavy (non-hydrogen) atoms. The maximum Gasteiger partial charge on any atom is 0.270 e. The van der Waals surface area contributed by atoms with Crippen molar-refractivity contribution in [3.05, 3.63) is 52.1 Å². The highest BCUT2D eigenvalue weighted by Crippen LogP contribution is 2.65. The number of rotatable bonds is 2. The molecule has 7 nitrogen and oxygen atoms in total. The monoisotopic (exact) mass is 338 g/mol. The first kappa shape index (κ1) is 14.5. The molecule has 7 heteroatoms. The Morgan fingerprint density at radius 1 is 1.08 bits per heavy atom. The zero-order chi connectivity index (χ0) is 17.5. The van der Waals surface area contributed by atoms with Crippen LogP contribution >= 0.6 is 0 Å². The molecule has 126 valence electrons. The Morgan fingerprint density at radius 3 is 2.24 bits per heavy atom.